The Hall–Kier alpha value is -2.71. The Balaban J connectivity index is 1.55. The van der Waals surface area contributed by atoms with Crippen LogP contribution in [0.5, 0.6) is 5.06 Å². The molecule has 4 rings (SSSR count). The molecule has 2 amide bonds. The molecule has 2 aromatic rings. The molecule has 1 unspecified atom stereocenters. The number of nitrogens with one attached hydrogen (secondary N) is 2. The largest absolute Gasteiger partial charge is 0.435 e. The lowest BCUT2D eigenvalue weighted by molar-refractivity contribution is -0.275. The van der Waals surface area contributed by atoms with Gasteiger partial charge in [0.15, 0.2) is 10.9 Å². The third-order valence-electron chi connectivity index (χ3n) is 5.86. The van der Waals surface area contributed by atoms with E-state index >= 15 is 0 Å². The number of nitrogens with zero attached hydrogens (tertiary/aromatic N) is 1. The Morgan fingerprint density at radius 1 is 1.16 bits per heavy atom. The van der Waals surface area contributed by atoms with Gasteiger partial charge in [0.05, 0.1) is 27.9 Å². The van der Waals surface area contributed by atoms with Crippen molar-refractivity contribution >= 4 is 52.3 Å². The van der Waals surface area contributed by atoms with E-state index in [2.05, 4.69) is 10.5 Å². The van der Waals surface area contributed by atoms with Crippen molar-refractivity contribution in [3.05, 3.63) is 49.6 Å². The molecule has 16 heteroatoms. The van der Waals surface area contributed by atoms with Gasteiger partial charge in [-0.2, -0.15) is 13.2 Å². The van der Waals surface area contributed by atoms with Crippen molar-refractivity contribution < 1.29 is 45.5 Å². The quantitative estimate of drug-likeness (QED) is 0.312. The van der Waals surface area contributed by atoms with Crippen LogP contribution in [0.15, 0.2) is 17.3 Å². The van der Waals surface area contributed by atoms with Crippen LogP contribution in [0, 0.1) is 5.82 Å². The van der Waals surface area contributed by atoms with Crippen LogP contribution in [0.25, 0.3) is 0 Å². The van der Waals surface area contributed by atoms with Gasteiger partial charge in [-0.1, -0.05) is 39.7 Å². The van der Waals surface area contributed by atoms with Crippen LogP contribution in [-0.4, -0.2) is 43.4 Å². The highest BCUT2D eigenvalue weighted by Gasteiger charge is 2.63. The van der Waals surface area contributed by atoms with E-state index in [0.717, 1.165) is 23.5 Å². The monoisotopic (exact) mass is 603 g/mol. The standard InChI is InChI=1S/C22H17Cl2F6N3O4S/c23-12-4-9(5-13(24)17(12)27)21(22(28,29)30)6-14(33-37-21)18-10-2-1-3-11(10)19(38-18)36-20(35)32-8-16(34)31-7-15(25)26/h4-5,15H,1-3,6-8H2,(H,31,34)(H,32,35). The molecule has 1 aliphatic carbocycles. The molecule has 0 fully saturated rings. The molecule has 1 aliphatic heterocycles. The van der Waals surface area contributed by atoms with Crippen molar-refractivity contribution in [2.45, 2.75) is 43.9 Å². The average Bonchev–Trinajstić information content (AvgIpc) is 3.56. The van der Waals surface area contributed by atoms with Gasteiger partial charge in [0, 0.05) is 11.1 Å². The number of benzene rings is 1. The molecule has 0 spiro atoms. The predicted molar refractivity (Wildman–Crippen MR) is 126 cm³/mol. The van der Waals surface area contributed by atoms with Gasteiger partial charge in [-0.15, -0.1) is 0 Å². The second kappa shape index (κ2) is 10.8. The van der Waals surface area contributed by atoms with Gasteiger partial charge in [0.25, 0.3) is 12.0 Å². The van der Waals surface area contributed by atoms with Gasteiger partial charge in [-0.05, 0) is 37.0 Å². The Morgan fingerprint density at radius 2 is 1.82 bits per heavy atom. The normalized spacial score (nSPS) is 18.7. The minimum atomic E-state index is -4.99. The Morgan fingerprint density at radius 3 is 2.45 bits per heavy atom. The smallest absolute Gasteiger partial charge is 0.399 e. The molecule has 1 aromatic carbocycles. The minimum absolute atomic E-state index is 0.0660. The summed E-state index contributed by atoms with van der Waals surface area (Å²) < 4.78 is 86.5. The molecule has 38 heavy (non-hydrogen) atoms. The molecule has 0 saturated heterocycles. The summed E-state index contributed by atoms with van der Waals surface area (Å²) >= 11 is 12.4. The average molecular weight is 604 g/mol. The Bertz CT molecular complexity index is 1280. The van der Waals surface area contributed by atoms with E-state index in [0.29, 0.717) is 35.3 Å². The maximum absolute atomic E-state index is 14.3. The maximum atomic E-state index is 14.3. The number of halogens is 8. The van der Waals surface area contributed by atoms with Crippen molar-refractivity contribution in [2.24, 2.45) is 5.16 Å². The molecule has 7 nitrogen and oxygen atoms in total. The summed E-state index contributed by atoms with van der Waals surface area (Å²) in [5, 5.41) is 6.60. The van der Waals surface area contributed by atoms with Crippen molar-refractivity contribution in [2.75, 3.05) is 13.1 Å². The molecule has 2 heterocycles. The molecule has 0 saturated carbocycles. The lowest BCUT2D eigenvalue weighted by Crippen LogP contribution is -2.42. The number of hydrogen-bond acceptors (Lipinski definition) is 6. The lowest BCUT2D eigenvalue weighted by Gasteiger charge is -2.29. The fourth-order valence-corrected chi connectivity index (χ4v) is 5.81. The van der Waals surface area contributed by atoms with E-state index in [9.17, 15) is 35.9 Å². The summed E-state index contributed by atoms with van der Waals surface area (Å²) in [5.74, 6) is -1.93. The first-order chi connectivity index (χ1) is 17.8. The van der Waals surface area contributed by atoms with Crippen molar-refractivity contribution in [1.82, 2.24) is 10.6 Å². The van der Waals surface area contributed by atoms with Crippen LogP contribution < -0.4 is 15.4 Å². The Kier molecular flexibility index (Phi) is 8.05. The zero-order valence-electron chi connectivity index (χ0n) is 19.0. The van der Waals surface area contributed by atoms with Crippen LogP contribution >= 0.6 is 34.5 Å². The molecule has 1 aromatic heterocycles. The number of fused-ring (bicyclic) bond motifs is 1. The summed E-state index contributed by atoms with van der Waals surface area (Å²) in [6, 6.07) is 1.56. The highest BCUT2D eigenvalue weighted by atomic mass is 35.5. The SMILES string of the molecule is O=C(CNC(=O)Oc1sc(C2=NOC(c3cc(Cl)c(F)c(Cl)c3)(C(F)(F)F)C2)c2c1CCC2)NCC(F)F. The fraction of sp³-hybridized carbons (Fsp3) is 0.409. The molecule has 0 radical (unpaired) electrons. The maximum Gasteiger partial charge on any atom is 0.435 e. The topological polar surface area (TPSA) is 89.0 Å². The van der Waals surface area contributed by atoms with Crippen molar-refractivity contribution in [3.8, 4) is 5.06 Å². The van der Waals surface area contributed by atoms with Crippen LogP contribution in [0.3, 0.4) is 0 Å². The van der Waals surface area contributed by atoms with Crippen molar-refractivity contribution in [1.29, 1.82) is 0 Å². The molecular formula is C22H17Cl2F6N3O4S. The molecule has 0 bridgehead atoms. The zero-order valence-corrected chi connectivity index (χ0v) is 21.3. The number of amides is 2. The molecule has 2 aliphatic rings. The lowest BCUT2D eigenvalue weighted by atomic mass is 9.87. The van der Waals surface area contributed by atoms with Gasteiger partial charge in [0.1, 0.15) is 12.3 Å². The predicted octanol–water partition coefficient (Wildman–Crippen LogP) is 5.73. The first-order valence-corrected chi connectivity index (χ1v) is 12.5. The highest BCUT2D eigenvalue weighted by Crippen LogP contribution is 2.52. The molecule has 206 valence electrons. The van der Waals surface area contributed by atoms with Gasteiger partial charge in [-0.25, -0.2) is 18.0 Å². The molecule has 1 atom stereocenters. The van der Waals surface area contributed by atoms with E-state index in [-0.39, 0.29) is 10.8 Å². The molecular weight excluding hydrogens is 587 g/mol. The van der Waals surface area contributed by atoms with E-state index in [1.165, 1.54) is 0 Å². The van der Waals surface area contributed by atoms with E-state index in [1.54, 1.807) is 0 Å². The number of alkyl halides is 5. The third kappa shape index (κ3) is 5.52. The van der Waals surface area contributed by atoms with Gasteiger partial charge < -0.3 is 20.2 Å². The van der Waals surface area contributed by atoms with Gasteiger partial charge >= 0.3 is 12.3 Å². The van der Waals surface area contributed by atoms with E-state index in [4.69, 9.17) is 32.8 Å². The van der Waals surface area contributed by atoms with Gasteiger partial charge in [-0.3, -0.25) is 4.79 Å². The molecule has 2 N–H and O–H groups in total. The summed E-state index contributed by atoms with van der Waals surface area (Å²) in [6.07, 6.45) is -7.98. The summed E-state index contributed by atoms with van der Waals surface area (Å²) in [4.78, 5) is 29.0. The van der Waals surface area contributed by atoms with Crippen LogP contribution in [0.1, 0.15) is 34.4 Å². The summed E-state index contributed by atoms with van der Waals surface area (Å²) in [5.41, 5.74) is -2.34. The number of rotatable bonds is 7. The van der Waals surface area contributed by atoms with Gasteiger partial charge in [0.2, 0.25) is 5.91 Å². The second-order valence-electron chi connectivity index (χ2n) is 8.35. The number of carbonyl (C=O) groups excluding carboxylic acids is 2. The summed E-state index contributed by atoms with van der Waals surface area (Å²) in [6.45, 7) is -1.50. The van der Waals surface area contributed by atoms with E-state index in [1.807, 2.05) is 5.32 Å². The zero-order chi connectivity index (χ0) is 27.8. The van der Waals surface area contributed by atoms with Crippen LogP contribution in [0.2, 0.25) is 10.0 Å². The first kappa shape index (κ1) is 28.3. The van der Waals surface area contributed by atoms with Crippen LogP contribution in [-0.2, 0) is 28.1 Å². The number of hydrogen-bond donors (Lipinski definition) is 2. The highest BCUT2D eigenvalue weighted by molar-refractivity contribution is 7.16. The van der Waals surface area contributed by atoms with Crippen LogP contribution in [0.4, 0.5) is 31.1 Å². The first-order valence-electron chi connectivity index (χ1n) is 10.9. The minimum Gasteiger partial charge on any atom is -0.399 e. The fourth-order valence-electron chi connectivity index (χ4n) is 4.09. The number of thiophene rings is 1. The second-order valence-corrected chi connectivity index (χ2v) is 10.1. The number of oxime groups is 1. The number of ether oxygens (including phenoxy) is 1. The van der Waals surface area contributed by atoms with Crippen molar-refractivity contribution in [3.63, 3.8) is 0 Å². The van der Waals surface area contributed by atoms with E-state index < -0.39 is 71.1 Å². The Labute approximate surface area is 225 Å². The summed E-state index contributed by atoms with van der Waals surface area (Å²) in [7, 11) is 0. The number of carbonyl (C=O) groups is 2. The third-order valence-corrected chi connectivity index (χ3v) is 7.61.